The first-order valence-electron chi connectivity index (χ1n) is 8.94. The number of rotatable bonds is 3. The highest BCUT2D eigenvalue weighted by Gasteiger charge is 2.21. The van der Waals surface area contributed by atoms with E-state index >= 15 is 0 Å². The van der Waals surface area contributed by atoms with Crippen LogP contribution in [0.5, 0.6) is 0 Å². The van der Waals surface area contributed by atoms with Crippen LogP contribution in [-0.4, -0.2) is 46.7 Å². The van der Waals surface area contributed by atoms with Gasteiger partial charge in [0.2, 0.25) is 0 Å². The van der Waals surface area contributed by atoms with Crippen molar-refractivity contribution in [2.45, 2.75) is 13.0 Å². The zero-order valence-corrected chi connectivity index (χ0v) is 14.8. The van der Waals surface area contributed by atoms with E-state index in [4.69, 9.17) is 0 Å². The summed E-state index contributed by atoms with van der Waals surface area (Å²) in [6, 6.07) is 16.2. The van der Waals surface area contributed by atoms with Gasteiger partial charge in [0.1, 0.15) is 0 Å². The lowest BCUT2D eigenvalue weighted by molar-refractivity contribution is 0.0709. The van der Waals surface area contributed by atoms with Crippen molar-refractivity contribution in [3.63, 3.8) is 0 Å². The predicted octanol–water partition coefficient (Wildman–Crippen LogP) is 3.17. The van der Waals surface area contributed by atoms with Gasteiger partial charge in [-0.1, -0.05) is 36.4 Å². The zero-order valence-electron chi connectivity index (χ0n) is 14.8. The average Bonchev–Trinajstić information content (AvgIpc) is 3.09. The van der Waals surface area contributed by atoms with Gasteiger partial charge in [0.25, 0.3) is 5.91 Å². The average molecular weight is 346 g/mol. The van der Waals surface area contributed by atoms with Crippen molar-refractivity contribution in [1.29, 1.82) is 0 Å². The summed E-state index contributed by atoms with van der Waals surface area (Å²) in [5, 5.41) is 11.8. The number of piperazine rings is 1. The van der Waals surface area contributed by atoms with Crippen molar-refractivity contribution in [2.24, 2.45) is 0 Å². The van der Waals surface area contributed by atoms with Crippen LogP contribution in [-0.2, 0) is 0 Å². The highest BCUT2D eigenvalue weighted by molar-refractivity contribution is 5.95. The monoisotopic (exact) mass is 346 g/mol. The number of aromatic amines is 1. The molecule has 1 fully saturated rings. The lowest BCUT2D eigenvalue weighted by Gasteiger charge is -2.32. The maximum atomic E-state index is 12.6. The molecule has 2 N–H and O–H groups in total. The normalized spacial score (nSPS) is 17.9. The summed E-state index contributed by atoms with van der Waals surface area (Å²) in [5.74, 6) is 0.104. The number of H-pyrrole nitrogens is 1. The second-order valence-electron chi connectivity index (χ2n) is 6.72. The number of hydrogen-bond donors (Lipinski definition) is 2. The number of benzene rings is 2. The number of amides is 1. The Morgan fingerprint density at radius 1 is 1.15 bits per heavy atom. The molecule has 0 bridgehead atoms. The maximum absolute atomic E-state index is 12.6. The number of fused-ring (bicyclic) bond motifs is 1. The smallest absolute Gasteiger partial charge is 0.253 e. The van der Waals surface area contributed by atoms with Gasteiger partial charge in [0, 0.05) is 36.6 Å². The molecule has 0 aliphatic carbocycles. The largest absolute Gasteiger partial charge is 0.336 e. The molecule has 1 unspecified atom stereocenters. The minimum Gasteiger partial charge on any atom is -0.336 e. The fraction of sp³-hybridized carbons (Fsp3) is 0.238. The number of nitrogens with zero attached hydrogens (tertiary/aromatic N) is 2. The van der Waals surface area contributed by atoms with Crippen LogP contribution >= 0.6 is 0 Å². The molecule has 1 aromatic heterocycles. The number of carbonyl (C=O) groups is 1. The van der Waals surface area contributed by atoms with Crippen LogP contribution in [0.4, 0.5) is 0 Å². The lowest BCUT2D eigenvalue weighted by Crippen LogP contribution is -2.51. The van der Waals surface area contributed by atoms with Crippen molar-refractivity contribution in [3.05, 3.63) is 65.4 Å². The Bertz CT molecular complexity index is 942. The minimum atomic E-state index is 0.104. The Labute approximate surface area is 152 Å². The molecule has 0 saturated carbocycles. The molecule has 1 atom stereocenters. The summed E-state index contributed by atoms with van der Waals surface area (Å²) in [6.45, 7) is 4.47. The number of nitrogens with one attached hydrogen (secondary N) is 2. The first-order valence-corrected chi connectivity index (χ1v) is 8.94. The molecule has 2 heterocycles. The molecule has 5 heteroatoms. The highest BCUT2D eigenvalue weighted by atomic mass is 16.2. The van der Waals surface area contributed by atoms with E-state index in [-0.39, 0.29) is 5.91 Å². The summed E-state index contributed by atoms with van der Waals surface area (Å²) in [7, 11) is 0. The molecular formula is C21H22N4O. The molecule has 1 amide bonds. The molecular weight excluding hydrogens is 324 g/mol. The zero-order chi connectivity index (χ0) is 17.9. The Morgan fingerprint density at radius 3 is 2.77 bits per heavy atom. The van der Waals surface area contributed by atoms with E-state index in [1.807, 2.05) is 59.5 Å². The molecule has 0 spiro atoms. The molecule has 26 heavy (non-hydrogen) atoms. The van der Waals surface area contributed by atoms with E-state index in [1.165, 1.54) is 0 Å². The topological polar surface area (TPSA) is 61.0 Å². The van der Waals surface area contributed by atoms with E-state index in [0.717, 1.165) is 47.4 Å². The third-order valence-electron chi connectivity index (χ3n) is 4.75. The van der Waals surface area contributed by atoms with Crippen LogP contribution in [0.1, 0.15) is 28.5 Å². The van der Waals surface area contributed by atoms with E-state index < -0.39 is 0 Å². The Kier molecular flexibility index (Phi) is 4.54. The second kappa shape index (κ2) is 7.14. The van der Waals surface area contributed by atoms with E-state index in [0.29, 0.717) is 6.04 Å². The Hall–Kier alpha value is -2.92. The number of carbonyl (C=O) groups excluding carboxylic acids is 1. The number of para-hydroxylation sites is 1. The van der Waals surface area contributed by atoms with E-state index in [9.17, 15) is 4.79 Å². The van der Waals surface area contributed by atoms with Crippen LogP contribution in [0, 0.1) is 0 Å². The lowest BCUT2D eigenvalue weighted by atomic mass is 10.1. The fourth-order valence-electron chi connectivity index (χ4n) is 3.32. The third kappa shape index (κ3) is 3.39. The molecule has 1 saturated heterocycles. The molecule has 1 aliphatic heterocycles. The molecule has 5 nitrogen and oxygen atoms in total. The van der Waals surface area contributed by atoms with Gasteiger partial charge in [0.05, 0.1) is 11.2 Å². The minimum absolute atomic E-state index is 0.104. The summed E-state index contributed by atoms with van der Waals surface area (Å²) in [6.07, 6.45) is 4.01. The number of aromatic nitrogens is 2. The van der Waals surface area contributed by atoms with Crippen molar-refractivity contribution < 1.29 is 4.79 Å². The number of hydrogen-bond acceptors (Lipinski definition) is 3. The van der Waals surface area contributed by atoms with Gasteiger partial charge in [-0.25, -0.2) is 0 Å². The SMILES string of the molecule is CC1CN(C(=O)c2ccc(C=Cc3n[nH]c4ccccc34)cc2)CCN1. The first kappa shape index (κ1) is 16.5. The third-order valence-corrected chi connectivity index (χ3v) is 4.75. The highest BCUT2D eigenvalue weighted by Crippen LogP contribution is 2.18. The van der Waals surface area contributed by atoms with Crippen LogP contribution < -0.4 is 5.32 Å². The maximum Gasteiger partial charge on any atom is 0.253 e. The van der Waals surface area contributed by atoms with E-state index in [1.54, 1.807) is 0 Å². The molecule has 1 aliphatic rings. The van der Waals surface area contributed by atoms with Gasteiger partial charge in [-0.15, -0.1) is 0 Å². The van der Waals surface area contributed by atoms with E-state index in [2.05, 4.69) is 28.5 Å². The second-order valence-corrected chi connectivity index (χ2v) is 6.72. The van der Waals surface area contributed by atoms with Crippen LogP contribution in [0.2, 0.25) is 0 Å². The van der Waals surface area contributed by atoms with Crippen molar-refractivity contribution in [1.82, 2.24) is 20.4 Å². The Balaban J connectivity index is 1.48. The molecule has 132 valence electrons. The quantitative estimate of drug-likeness (QED) is 0.766. The van der Waals surface area contributed by atoms with Crippen LogP contribution in [0.3, 0.4) is 0 Å². The van der Waals surface area contributed by atoms with Crippen molar-refractivity contribution in [2.75, 3.05) is 19.6 Å². The Morgan fingerprint density at radius 2 is 1.96 bits per heavy atom. The van der Waals surface area contributed by atoms with Crippen molar-refractivity contribution in [3.8, 4) is 0 Å². The fourth-order valence-corrected chi connectivity index (χ4v) is 3.32. The van der Waals surface area contributed by atoms with Gasteiger partial charge in [-0.2, -0.15) is 5.10 Å². The molecule has 3 aromatic rings. The first-order chi connectivity index (χ1) is 12.7. The summed E-state index contributed by atoms with van der Waals surface area (Å²) < 4.78 is 0. The van der Waals surface area contributed by atoms with Crippen molar-refractivity contribution >= 4 is 29.0 Å². The van der Waals surface area contributed by atoms with Gasteiger partial charge < -0.3 is 10.2 Å². The summed E-state index contributed by atoms with van der Waals surface area (Å²) in [5.41, 5.74) is 3.72. The molecule has 0 radical (unpaired) electrons. The van der Waals surface area contributed by atoms with Gasteiger partial charge >= 0.3 is 0 Å². The predicted molar refractivity (Wildman–Crippen MR) is 105 cm³/mol. The summed E-state index contributed by atoms with van der Waals surface area (Å²) in [4.78, 5) is 14.5. The van der Waals surface area contributed by atoms with Gasteiger partial charge in [-0.05, 0) is 36.8 Å². The molecule has 2 aromatic carbocycles. The standard InChI is InChI=1S/C21H22N4O/c1-15-14-25(13-12-22-15)21(26)17-9-6-16(7-10-17)8-11-20-18-4-2-3-5-19(18)23-24-20/h2-11,15,22H,12-14H2,1H3,(H,23,24). The summed E-state index contributed by atoms with van der Waals surface area (Å²) >= 11 is 0. The van der Waals surface area contributed by atoms with Crippen LogP contribution in [0.25, 0.3) is 23.1 Å². The van der Waals surface area contributed by atoms with Gasteiger partial charge in [-0.3, -0.25) is 9.89 Å². The van der Waals surface area contributed by atoms with Crippen LogP contribution in [0.15, 0.2) is 48.5 Å². The molecule has 4 rings (SSSR count). The van der Waals surface area contributed by atoms with Gasteiger partial charge in [0.15, 0.2) is 0 Å².